The number of amides is 1. The molecule has 4 rings (SSSR count). The van der Waals surface area contributed by atoms with Crippen LogP contribution >= 0.6 is 0 Å². The fraction of sp³-hybridized carbons (Fsp3) is 0.478. The van der Waals surface area contributed by atoms with E-state index in [0.29, 0.717) is 23.2 Å². The number of nitrogens with one attached hydrogen (secondary N) is 2. The van der Waals surface area contributed by atoms with Gasteiger partial charge in [0.15, 0.2) is 11.5 Å². The summed E-state index contributed by atoms with van der Waals surface area (Å²) in [6.45, 7) is 10.6. The molecule has 0 bridgehead atoms. The van der Waals surface area contributed by atoms with Gasteiger partial charge >= 0.3 is 0 Å². The molecule has 0 spiro atoms. The van der Waals surface area contributed by atoms with Crippen LogP contribution in [-0.2, 0) is 0 Å². The van der Waals surface area contributed by atoms with E-state index in [2.05, 4.69) is 58.2 Å². The fourth-order valence-corrected chi connectivity index (χ4v) is 4.79. The summed E-state index contributed by atoms with van der Waals surface area (Å²) in [5.41, 5.74) is 1.42. The molecule has 1 aliphatic rings. The molecule has 0 aromatic carbocycles. The van der Waals surface area contributed by atoms with E-state index in [9.17, 15) is 9.18 Å². The first-order valence-corrected chi connectivity index (χ1v) is 10.7. The Labute approximate surface area is 187 Å². The highest BCUT2D eigenvalue weighted by Gasteiger charge is 2.39. The van der Waals surface area contributed by atoms with Gasteiger partial charge < -0.3 is 19.9 Å². The molecule has 1 aliphatic heterocycles. The van der Waals surface area contributed by atoms with Crippen LogP contribution in [0.4, 0.5) is 15.9 Å². The minimum atomic E-state index is -0.508. The molecule has 8 nitrogen and oxygen atoms in total. The summed E-state index contributed by atoms with van der Waals surface area (Å²) in [6.07, 6.45) is 8.32. The highest BCUT2D eigenvalue weighted by Crippen LogP contribution is 2.32. The molecule has 4 heterocycles. The third-order valence-electron chi connectivity index (χ3n) is 5.83. The fourth-order valence-electron chi connectivity index (χ4n) is 4.79. The van der Waals surface area contributed by atoms with Crippen molar-refractivity contribution in [2.75, 3.05) is 17.3 Å². The molecule has 1 amide bonds. The second-order valence-corrected chi connectivity index (χ2v) is 9.97. The third-order valence-corrected chi connectivity index (χ3v) is 5.83. The van der Waals surface area contributed by atoms with Crippen LogP contribution in [0.15, 0.2) is 30.9 Å². The quantitative estimate of drug-likeness (QED) is 0.646. The summed E-state index contributed by atoms with van der Waals surface area (Å²) >= 11 is 0. The summed E-state index contributed by atoms with van der Waals surface area (Å²) in [7, 11) is 2.01. The highest BCUT2D eigenvalue weighted by atomic mass is 19.1. The Morgan fingerprint density at radius 1 is 1.19 bits per heavy atom. The number of aromatic nitrogens is 4. The monoisotopic (exact) mass is 439 g/mol. The maximum Gasteiger partial charge on any atom is 0.275 e. The molecule has 170 valence electrons. The number of rotatable bonds is 4. The van der Waals surface area contributed by atoms with Crippen LogP contribution in [-0.4, -0.2) is 49.4 Å². The number of fused-ring (bicyclic) bond motifs is 1. The zero-order chi connectivity index (χ0) is 23.3. The van der Waals surface area contributed by atoms with E-state index in [1.54, 1.807) is 29.9 Å². The maximum atomic E-state index is 14.3. The lowest BCUT2D eigenvalue weighted by molar-refractivity contribution is 0.102. The van der Waals surface area contributed by atoms with Crippen molar-refractivity contribution in [3.8, 4) is 0 Å². The lowest BCUT2D eigenvalue weighted by Gasteiger charge is -2.49. The van der Waals surface area contributed by atoms with Gasteiger partial charge in [-0.15, -0.1) is 0 Å². The van der Waals surface area contributed by atoms with Crippen molar-refractivity contribution < 1.29 is 9.18 Å². The van der Waals surface area contributed by atoms with E-state index >= 15 is 0 Å². The van der Waals surface area contributed by atoms with Crippen molar-refractivity contribution >= 4 is 23.1 Å². The van der Waals surface area contributed by atoms with Gasteiger partial charge in [-0.1, -0.05) is 0 Å². The van der Waals surface area contributed by atoms with Crippen molar-refractivity contribution in [2.45, 2.75) is 64.6 Å². The number of hydrogen-bond acceptors (Lipinski definition) is 6. The van der Waals surface area contributed by atoms with Crippen molar-refractivity contribution in [2.24, 2.45) is 0 Å². The van der Waals surface area contributed by atoms with E-state index in [1.807, 2.05) is 7.05 Å². The number of imidazole rings is 1. The van der Waals surface area contributed by atoms with Gasteiger partial charge in [0.2, 0.25) is 0 Å². The molecular formula is C23H30FN7O. The van der Waals surface area contributed by atoms with Crippen molar-refractivity contribution in [1.29, 1.82) is 0 Å². The molecule has 2 N–H and O–H groups in total. The highest BCUT2D eigenvalue weighted by molar-refractivity contribution is 6.02. The zero-order valence-corrected chi connectivity index (χ0v) is 19.4. The van der Waals surface area contributed by atoms with Gasteiger partial charge in [0.05, 0.1) is 23.8 Å². The number of pyridine rings is 1. The molecule has 0 saturated carbocycles. The maximum absolute atomic E-state index is 14.3. The van der Waals surface area contributed by atoms with Gasteiger partial charge in [0.1, 0.15) is 11.5 Å². The molecule has 32 heavy (non-hydrogen) atoms. The van der Waals surface area contributed by atoms with Crippen molar-refractivity contribution in [1.82, 2.24) is 24.7 Å². The largest absolute Gasteiger partial charge is 0.355 e. The van der Waals surface area contributed by atoms with Crippen LogP contribution in [0.5, 0.6) is 0 Å². The molecule has 0 aliphatic carbocycles. The van der Waals surface area contributed by atoms with Crippen LogP contribution in [0.2, 0.25) is 0 Å². The van der Waals surface area contributed by atoms with Crippen LogP contribution in [0.25, 0.3) is 5.65 Å². The number of aryl methyl sites for hydroxylation is 1. The average molecular weight is 440 g/mol. The third kappa shape index (κ3) is 4.57. The predicted molar refractivity (Wildman–Crippen MR) is 123 cm³/mol. The molecule has 0 unspecified atom stereocenters. The second-order valence-electron chi connectivity index (χ2n) is 9.97. The topological polar surface area (TPSA) is 87.5 Å². The first kappa shape index (κ1) is 22.1. The number of hydrogen-bond donors (Lipinski definition) is 2. The molecule has 0 atom stereocenters. The summed E-state index contributed by atoms with van der Waals surface area (Å²) in [5, 5.41) is 6.37. The number of nitrogens with zero attached hydrogens (tertiary/aromatic N) is 5. The van der Waals surface area contributed by atoms with Gasteiger partial charge in [-0.05, 0) is 47.5 Å². The lowest BCUT2D eigenvalue weighted by atomic mass is 9.79. The molecule has 1 saturated heterocycles. The molecule has 1 fully saturated rings. The number of piperidine rings is 1. The summed E-state index contributed by atoms with van der Waals surface area (Å²) in [4.78, 5) is 27.7. The lowest BCUT2D eigenvalue weighted by Crippen LogP contribution is -2.62. The second kappa shape index (κ2) is 7.81. The smallest absolute Gasteiger partial charge is 0.275 e. The standard InChI is InChI=1S/C23H30FN7O/c1-14-12-31-13-15(7-17(24)20(31)27-14)28-21(32)18-10-26-19(11-25-18)30(6)16-8-22(2,3)29-23(4,5)9-16/h7,10-13,16,29H,8-9H2,1-6H3,(H,28,32). The Balaban J connectivity index is 1.48. The Hall–Kier alpha value is -3.07. The van der Waals surface area contributed by atoms with E-state index < -0.39 is 11.7 Å². The summed E-state index contributed by atoms with van der Waals surface area (Å²) in [5.74, 6) is -0.250. The molecule has 9 heteroatoms. The van der Waals surface area contributed by atoms with E-state index in [0.717, 1.165) is 12.8 Å². The Morgan fingerprint density at radius 3 is 2.50 bits per heavy atom. The minimum Gasteiger partial charge on any atom is -0.355 e. The number of halogens is 1. The van der Waals surface area contributed by atoms with E-state index in [-0.39, 0.29) is 22.4 Å². The Morgan fingerprint density at radius 2 is 1.88 bits per heavy atom. The minimum absolute atomic E-state index is 0.0120. The zero-order valence-electron chi connectivity index (χ0n) is 19.4. The van der Waals surface area contributed by atoms with Gasteiger partial charge in [0, 0.05) is 42.6 Å². The molecule has 0 radical (unpaired) electrons. The van der Waals surface area contributed by atoms with Gasteiger partial charge in [-0.3, -0.25) is 4.79 Å². The van der Waals surface area contributed by atoms with Gasteiger partial charge in [0.25, 0.3) is 5.91 Å². The van der Waals surface area contributed by atoms with Gasteiger partial charge in [-0.2, -0.15) is 0 Å². The molecular weight excluding hydrogens is 409 g/mol. The first-order valence-electron chi connectivity index (χ1n) is 10.7. The van der Waals surface area contributed by atoms with Crippen LogP contribution in [0.1, 0.15) is 56.7 Å². The van der Waals surface area contributed by atoms with Crippen LogP contribution in [0, 0.1) is 12.7 Å². The van der Waals surface area contributed by atoms with Crippen molar-refractivity contribution in [3.63, 3.8) is 0 Å². The van der Waals surface area contributed by atoms with Crippen LogP contribution < -0.4 is 15.5 Å². The number of anilines is 2. The first-order chi connectivity index (χ1) is 14.9. The van der Waals surface area contributed by atoms with E-state index in [1.165, 1.54) is 12.3 Å². The van der Waals surface area contributed by atoms with E-state index in [4.69, 9.17) is 0 Å². The predicted octanol–water partition coefficient (Wildman–Crippen LogP) is 3.57. The SMILES string of the molecule is Cc1cn2cc(NC(=O)c3cnc(N(C)C4CC(C)(C)NC(C)(C)C4)cn3)cc(F)c2n1. The number of carbonyl (C=O) groups is 1. The van der Waals surface area contributed by atoms with Gasteiger partial charge in [-0.25, -0.2) is 19.3 Å². The summed E-state index contributed by atoms with van der Waals surface area (Å²) in [6, 6.07) is 1.54. The molecule has 3 aromatic rings. The normalized spacial score (nSPS) is 18.0. The Kier molecular flexibility index (Phi) is 5.40. The number of carbonyl (C=O) groups excluding carboxylic acids is 1. The average Bonchev–Trinajstić information content (AvgIpc) is 3.06. The van der Waals surface area contributed by atoms with Crippen molar-refractivity contribution in [3.05, 3.63) is 48.1 Å². The molecule has 3 aromatic heterocycles. The van der Waals surface area contributed by atoms with Crippen LogP contribution in [0.3, 0.4) is 0 Å². The Bertz CT molecular complexity index is 1140. The summed E-state index contributed by atoms with van der Waals surface area (Å²) < 4.78 is 15.8.